The van der Waals surface area contributed by atoms with Crippen LogP contribution in [-0.2, 0) is 14.8 Å². The maximum absolute atomic E-state index is 12.9. The van der Waals surface area contributed by atoms with Crippen molar-refractivity contribution in [3.63, 3.8) is 0 Å². The summed E-state index contributed by atoms with van der Waals surface area (Å²) in [5.41, 5.74) is 1.13. The van der Waals surface area contributed by atoms with Crippen molar-refractivity contribution >= 4 is 15.9 Å². The highest BCUT2D eigenvalue weighted by molar-refractivity contribution is 7.89. The average Bonchev–Trinajstić information content (AvgIpc) is 2.75. The highest BCUT2D eigenvalue weighted by atomic mass is 32.2. The molecule has 2 aliphatic rings. The first-order valence-electron chi connectivity index (χ1n) is 11.4. The van der Waals surface area contributed by atoms with Gasteiger partial charge in [0.2, 0.25) is 15.9 Å². The van der Waals surface area contributed by atoms with Gasteiger partial charge in [-0.25, -0.2) is 8.42 Å². The lowest BCUT2D eigenvalue weighted by Gasteiger charge is -2.34. The maximum atomic E-state index is 12.9. The molecule has 2 fully saturated rings. The third-order valence-corrected chi connectivity index (χ3v) is 8.56. The quantitative estimate of drug-likeness (QED) is 0.714. The summed E-state index contributed by atoms with van der Waals surface area (Å²) in [7, 11) is -3.50. The Hall–Kier alpha value is -1.44. The molecule has 0 saturated carbocycles. The predicted molar refractivity (Wildman–Crippen MR) is 120 cm³/mol. The van der Waals surface area contributed by atoms with Crippen molar-refractivity contribution in [3.05, 3.63) is 29.8 Å². The van der Waals surface area contributed by atoms with Gasteiger partial charge in [-0.1, -0.05) is 32.4 Å². The molecule has 0 aromatic heterocycles. The summed E-state index contributed by atoms with van der Waals surface area (Å²) < 4.78 is 27.4. The second-order valence-corrected chi connectivity index (χ2v) is 11.0. The molecular formula is C23H37N3O3S. The molecule has 6 nitrogen and oxygen atoms in total. The zero-order valence-electron chi connectivity index (χ0n) is 18.6. The molecule has 1 unspecified atom stereocenters. The van der Waals surface area contributed by atoms with Crippen LogP contribution in [0, 0.1) is 5.92 Å². The Morgan fingerprint density at radius 2 is 1.73 bits per heavy atom. The van der Waals surface area contributed by atoms with Gasteiger partial charge in [0.1, 0.15) is 0 Å². The van der Waals surface area contributed by atoms with Gasteiger partial charge in [-0.2, -0.15) is 4.31 Å². The minimum atomic E-state index is -3.50. The lowest BCUT2D eigenvalue weighted by molar-refractivity contribution is -0.126. The number of nitrogens with one attached hydrogen (secondary N) is 1. The van der Waals surface area contributed by atoms with E-state index in [1.54, 1.807) is 12.1 Å². The summed E-state index contributed by atoms with van der Waals surface area (Å²) >= 11 is 0. The second-order valence-electron chi connectivity index (χ2n) is 9.07. The smallest absolute Gasteiger partial charge is 0.243 e. The van der Waals surface area contributed by atoms with Crippen LogP contribution >= 0.6 is 0 Å². The zero-order valence-corrected chi connectivity index (χ0v) is 19.5. The molecular weight excluding hydrogens is 398 g/mol. The fraction of sp³-hybridized carbons (Fsp3) is 0.696. The van der Waals surface area contributed by atoms with Gasteiger partial charge < -0.3 is 5.32 Å². The Kier molecular flexibility index (Phi) is 7.93. The average molecular weight is 436 g/mol. The van der Waals surface area contributed by atoms with Gasteiger partial charge in [-0.05, 0) is 62.8 Å². The lowest BCUT2D eigenvalue weighted by Crippen LogP contribution is -2.46. The molecule has 0 radical (unpaired) electrons. The summed E-state index contributed by atoms with van der Waals surface area (Å²) in [6.07, 6.45) is 4.93. The van der Waals surface area contributed by atoms with E-state index in [1.165, 1.54) is 23.6 Å². The number of hydrogen-bond donors (Lipinski definition) is 1. The van der Waals surface area contributed by atoms with E-state index in [4.69, 9.17) is 0 Å². The number of benzene rings is 1. The lowest BCUT2D eigenvalue weighted by atomic mass is 9.97. The van der Waals surface area contributed by atoms with Crippen LogP contribution in [0.15, 0.2) is 29.2 Å². The van der Waals surface area contributed by atoms with E-state index in [9.17, 15) is 13.2 Å². The number of likely N-dealkylation sites (tertiary alicyclic amines) is 1. The Morgan fingerprint density at radius 1 is 1.07 bits per heavy atom. The van der Waals surface area contributed by atoms with E-state index in [1.807, 2.05) is 12.1 Å². The normalized spacial score (nSPS) is 22.3. The van der Waals surface area contributed by atoms with Gasteiger partial charge >= 0.3 is 0 Å². The fourth-order valence-corrected chi connectivity index (χ4v) is 5.96. The minimum absolute atomic E-state index is 0.0676. The number of rotatable bonds is 7. The van der Waals surface area contributed by atoms with Crippen LogP contribution in [0.3, 0.4) is 0 Å². The van der Waals surface area contributed by atoms with Crippen molar-refractivity contribution in [3.8, 4) is 0 Å². The van der Waals surface area contributed by atoms with E-state index < -0.39 is 10.0 Å². The molecule has 2 aliphatic heterocycles. The SMILES string of the molecule is CC(C)c1ccc(S(=O)(=O)N2CCC(C(=O)NCCN3CCCCC3C)CC2)cc1. The first-order chi connectivity index (χ1) is 14.3. The molecule has 168 valence electrons. The van der Waals surface area contributed by atoms with E-state index in [-0.39, 0.29) is 11.8 Å². The third kappa shape index (κ3) is 5.62. The molecule has 1 atom stereocenters. The molecule has 1 amide bonds. The topological polar surface area (TPSA) is 69.7 Å². The Morgan fingerprint density at radius 3 is 2.33 bits per heavy atom. The monoisotopic (exact) mass is 435 g/mol. The van der Waals surface area contributed by atoms with Gasteiger partial charge in [-0.3, -0.25) is 9.69 Å². The highest BCUT2D eigenvalue weighted by Gasteiger charge is 2.32. The molecule has 2 heterocycles. The first kappa shape index (κ1) is 23.2. The molecule has 0 spiro atoms. The summed E-state index contributed by atoms with van der Waals surface area (Å²) in [5.74, 6) is 0.339. The van der Waals surface area contributed by atoms with E-state index in [2.05, 4.69) is 31.0 Å². The van der Waals surface area contributed by atoms with Crippen LogP contribution in [0.4, 0.5) is 0 Å². The Balaban J connectivity index is 1.47. The molecule has 1 N–H and O–H groups in total. The molecule has 7 heteroatoms. The largest absolute Gasteiger partial charge is 0.355 e. The molecule has 1 aromatic rings. The van der Waals surface area contributed by atoms with Crippen molar-refractivity contribution in [1.29, 1.82) is 0 Å². The van der Waals surface area contributed by atoms with Crippen molar-refractivity contribution in [2.24, 2.45) is 5.92 Å². The highest BCUT2D eigenvalue weighted by Crippen LogP contribution is 2.25. The number of carbonyl (C=O) groups excluding carboxylic acids is 1. The molecule has 0 aliphatic carbocycles. The van der Waals surface area contributed by atoms with Gasteiger partial charge in [0.05, 0.1) is 4.90 Å². The van der Waals surface area contributed by atoms with E-state index >= 15 is 0 Å². The van der Waals surface area contributed by atoms with Crippen LogP contribution in [0.1, 0.15) is 64.4 Å². The van der Waals surface area contributed by atoms with Gasteiger partial charge in [-0.15, -0.1) is 0 Å². The zero-order chi connectivity index (χ0) is 21.7. The summed E-state index contributed by atoms with van der Waals surface area (Å²) in [6, 6.07) is 7.77. The van der Waals surface area contributed by atoms with Crippen molar-refractivity contribution in [2.75, 3.05) is 32.7 Å². The van der Waals surface area contributed by atoms with E-state index in [0.717, 1.165) is 18.7 Å². The van der Waals surface area contributed by atoms with Gasteiger partial charge in [0.15, 0.2) is 0 Å². The van der Waals surface area contributed by atoms with Crippen molar-refractivity contribution < 1.29 is 13.2 Å². The number of carbonyl (C=O) groups is 1. The standard InChI is InChI=1S/C23H37N3O3S/c1-18(2)20-7-9-22(10-8-20)30(28,29)26-15-11-21(12-16-26)23(27)24-13-17-25-14-5-4-6-19(25)3/h7-10,18-19,21H,4-6,11-17H2,1-3H3,(H,24,27). The number of nitrogens with zero attached hydrogens (tertiary/aromatic N) is 2. The van der Waals surface area contributed by atoms with Gasteiger partial charge in [0.25, 0.3) is 0 Å². The van der Waals surface area contributed by atoms with Crippen LogP contribution in [0.25, 0.3) is 0 Å². The van der Waals surface area contributed by atoms with Crippen LogP contribution in [0.5, 0.6) is 0 Å². The van der Waals surface area contributed by atoms with Crippen molar-refractivity contribution in [2.45, 2.75) is 69.7 Å². The summed E-state index contributed by atoms with van der Waals surface area (Å²) in [4.78, 5) is 15.3. The fourth-order valence-electron chi connectivity index (χ4n) is 4.49. The van der Waals surface area contributed by atoms with E-state index in [0.29, 0.717) is 49.3 Å². The number of hydrogen-bond acceptors (Lipinski definition) is 4. The summed E-state index contributed by atoms with van der Waals surface area (Å²) in [6.45, 7) is 9.92. The molecule has 3 rings (SSSR count). The number of amides is 1. The molecule has 2 saturated heterocycles. The third-order valence-electron chi connectivity index (χ3n) is 6.65. The summed E-state index contributed by atoms with van der Waals surface area (Å²) in [5, 5.41) is 3.07. The van der Waals surface area contributed by atoms with Crippen LogP contribution in [0.2, 0.25) is 0 Å². The predicted octanol–water partition coefficient (Wildman–Crippen LogP) is 3.20. The Bertz CT molecular complexity index is 799. The maximum Gasteiger partial charge on any atom is 0.243 e. The Labute approximate surface area is 182 Å². The molecule has 30 heavy (non-hydrogen) atoms. The minimum Gasteiger partial charge on any atom is -0.355 e. The van der Waals surface area contributed by atoms with Crippen LogP contribution < -0.4 is 5.32 Å². The molecule has 1 aromatic carbocycles. The van der Waals surface area contributed by atoms with Gasteiger partial charge in [0, 0.05) is 38.1 Å². The second kappa shape index (κ2) is 10.2. The van der Waals surface area contributed by atoms with Crippen LogP contribution in [-0.4, -0.2) is 62.3 Å². The number of piperidine rings is 2. The number of sulfonamides is 1. The van der Waals surface area contributed by atoms with Crippen molar-refractivity contribution in [1.82, 2.24) is 14.5 Å². The molecule has 0 bridgehead atoms. The first-order valence-corrected chi connectivity index (χ1v) is 12.8.